The lowest BCUT2D eigenvalue weighted by Gasteiger charge is -2.18. The number of nitrogens with one attached hydrogen (secondary N) is 1. The summed E-state index contributed by atoms with van der Waals surface area (Å²) in [7, 11) is 1.35. The summed E-state index contributed by atoms with van der Waals surface area (Å²) in [6, 6.07) is 0. The number of rotatable bonds is 5. The zero-order valence-corrected chi connectivity index (χ0v) is 10.3. The summed E-state index contributed by atoms with van der Waals surface area (Å²) in [5, 5.41) is 10.5. The molecule has 1 aromatic heterocycles. The van der Waals surface area contributed by atoms with Gasteiger partial charge < -0.3 is 4.74 Å². The first kappa shape index (κ1) is 12.7. The summed E-state index contributed by atoms with van der Waals surface area (Å²) in [4.78, 5) is 11.5. The van der Waals surface area contributed by atoms with Gasteiger partial charge in [-0.1, -0.05) is 27.2 Å². The molecule has 0 aliphatic rings. The summed E-state index contributed by atoms with van der Waals surface area (Å²) < 4.78 is 4.68. The van der Waals surface area contributed by atoms with Crippen molar-refractivity contribution in [2.24, 2.45) is 5.92 Å². The monoisotopic (exact) mass is 225 g/mol. The van der Waals surface area contributed by atoms with Crippen LogP contribution in [0, 0.1) is 5.92 Å². The third-order valence-corrected chi connectivity index (χ3v) is 2.71. The normalized spacial score (nSPS) is 12.8. The summed E-state index contributed by atoms with van der Waals surface area (Å²) in [5.74, 6) is 0.247. The van der Waals surface area contributed by atoms with Gasteiger partial charge in [0.05, 0.1) is 7.11 Å². The number of aromatic nitrogens is 3. The van der Waals surface area contributed by atoms with Crippen LogP contribution in [0.4, 0.5) is 0 Å². The Hall–Kier alpha value is -1.39. The van der Waals surface area contributed by atoms with Gasteiger partial charge in [0.1, 0.15) is 5.69 Å². The molecule has 5 nitrogen and oxygen atoms in total. The van der Waals surface area contributed by atoms with Crippen LogP contribution in [-0.2, 0) is 4.74 Å². The van der Waals surface area contributed by atoms with Crippen molar-refractivity contribution in [1.82, 2.24) is 15.4 Å². The number of hydrogen-bond donors (Lipinski definition) is 1. The maximum Gasteiger partial charge on any atom is 0.360 e. The number of aromatic amines is 1. The lowest BCUT2D eigenvalue weighted by atomic mass is 9.87. The molecular weight excluding hydrogens is 206 g/mol. The van der Waals surface area contributed by atoms with Crippen molar-refractivity contribution in [2.75, 3.05) is 7.11 Å². The van der Waals surface area contributed by atoms with Gasteiger partial charge in [0.15, 0.2) is 5.69 Å². The van der Waals surface area contributed by atoms with Crippen LogP contribution in [0.3, 0.4) is 0 Å². The third kappa shape index (κ3) is 2.59. The van der Waals surface area contributed by atoms with Crippen LogP contribution >= 0.6 is 0 Å². The van der Waals surface area contributed by atoms with E-state index in [4.69, 9.17) is 0 Å². The number of H-pyrrole nitrogens is 1. The highest BCUT2D eigenvalue weighted by Gasteiger charge is 2.26. The van der Waals surface area contributed by atoms with Crippen LogP contribution in [0.25, 0.3) is 0 Å². The molecule has 1 heterocycles. The number of ether oxygens (including phenoxy) is 1. The molecule has 0 saturated heterocycles. The van der Waals surface area contributed by atoms with E-state index in [1.807, 2.05) is 0 Å². The average Bonchev–Trinajstić information content (AvgIpc) is 2.72. The first-order chi connectivity index (χ1) is 7.61. The second-order valence-electron chi connectivity index (χ2n) is 4.19. The van der Waals surface area contributed by atoms with Crippen LogP contribution in [-0.4, -0.2) is 28.5 Å². The Balaban J connectivity index is 3.00. The Bertz CT molecular complexity index is 347. The maximum atomic E-state index is 11.5. The van der Waals surface area contributed by atoms with E-state index in [1.54, 1.807) is 0 Å². The van der Waals surface area contributed by atoms with Crippen LogP contribution in [0.2, 0.25) is 0 Å². The molecule has 0 aliphatic heterocycles. The second kappa shape index (κ2) is 5.63. The molecule has 0 aromatic carbocycles. The topological polar surface area (TPSA) is 67.9 Å². The predicted molar refractivity (Wildman–Crippen MR) is 60.2 cm³/mol. The minimum absolute atomic E-state index is 0.248. The number of nitrogens with zero attached hydrogens (tertiary/aromatic N) is 2. The lowest BCUT2D eigenvalue weighted by Crippen LogP contribution is -2.13. The highest BCUT2D eigenvalue weighted by atomic mass is 16.5. The van der Waals surface area contributed by atoms with E-state index in [-0.39, 0.29) is 5.92 Å². The Morgan fingerprint density at radius 2 is 2.12 bits per heavy atom. The molecule has 1 aromatic rings. The molecule has 5 heteroatoms. The van der Waals surface area contributed by atoms with E-state index in [2.05, 4.69) is 40.9 Å². The van der Waals surface area contributed by atoms with Gasteiger partial charge in [0.25, 0.3) is 0 Å². The summed E-state index contributed by atoms with van der Waals surface area (Å²) in [5.41, 5.74) is 1.04. The number of carbonyl (C=O) groups excluding carboxylic acids is 1. The van der Waals surface area contributed by atoms with Crippen molar-refractivity contribution >= 4 is 5.97 Å². The molecule has 0 bridgehead atoms. The van der Waals surface area contributed by atoms with Crippen LogP contribution < -0.4 is 0 Å². The minimum atomic E-state index is -0.425. The Morgan fingerprint density at radius 3 is 2.62 bits per heavy atom. The zero-order chi connectivity index (χ0) is 12.1. The predicted octanol–water partition coefficient (Wildman–Crippen LogP) is 2.13. The average molecular weight is 225 g/mol. The van der Waals surface area contributed by atoms with Gasteiger partial charge in [-0.2, -0.15) is 10.3 Å². The molecular formula is C11H19N3O2. The van der Waals surface area contributed by atoms with Gasteiger partial charge in [-0.15, -0.1) is 5.10 Å². The van der Waals surface area contributed by atoms with Gasteiger partial charge in [-0.25, -0.2) is 4.79 Å². The number of carbonyl (C=O) groups is 1. The van der Waals surface area contributed by atoms with E-state index in [1.165, 1.54) is 7.11 Å². The molecule has 0 amide bonds. The molecule has 90 valence electrons. The second-order valence-corrected chi connectivity index (χ2v) is 4.19. The first-order valence-electron chi connectivity index (χ1n) is 5.60. The fourth-order valence-electron chi connectivity index (χ4n) is 1.84. The molecule has 0 spiro atoms. The van der Waals surface area contributed by atoms with Gasteiger partial charge in [-0.3, -0.25) is 0 Å². The standard InChI is InChI=1S/C11H19N3O2/c1-5-6-8(7(2)3)9-10(11(15)16-4)13-14-12-9/h7-8H,5-6H2,1-4H3,(H,12,13,14). The van der Waals surface area contributed by atoms with Crippen molar-refractivity contribution in [3.05, 3.63) is 11.4 Å². The van der Waals surface area contributed by atoms with E-state index < -0.39 is 5.97 Å². The quantitative estimate of drug-likeness (QED) is 0.779. The molecule has 0 radical (unpaired) electrons. The van der Waals surface area contributed by atoms with E-state index in [0.29, 0.717) is 11.6 Å². The fraction of sp³-hybridized carbons (Fsp3) is 0.727. The molecule has 1 N–H and O–H groups in total. The maximum absolute atomic E-state index is 11.5. The lowest BCUT2D eigenvalue weighted by molar-refractivity contribution is 0.0591. The smallest absolute Gasteiger partial charge is 0.360 e. The van der Waals surface area contributed by atoms with Crippen molar-refractivity contribution in [3.63, 3.8) is 0 Å². The van der Waals surface area contributed by atoms with Crippen molar-refractivity contribution < 1.29 is 9.53 Å². The highest BCUT2D eigenvalue weighted by molar-refractivity contribution is 5.88. The number of methoxy groups -OCH3 is 1. The number of esters is 1. The van der Waals surface area contributed by atoms with Crippen LogP contribution in [0.15, 0.2) is 0 Å². The molecule has 1 unspecified atom stereocenters. The molecule has 0 saturated carbocycles. The fourth-order valence-corrected chi connectivity index (χ4v) is 1.84. The van der Waals surface area contributed by atoms with E-state index in [9.17, 15) is 4.79 Å². The molecule has 16 heavy (non-hydrogen) atoms. The van der Waals surface area contributed by atoms with E-state index >= 15 is 0 Å². The summed E-state index contributed by atoms with van der Waals surface area (Å²) in [6.45, 7) is 6.36. The van der Waals surface area contributed by atoms with Crippen molar-refractivity contribution in [1.29, 1.82) is 0 Å². The molecule has 1 rings (SSSR count). The summed E-state index contributed by atoms with van der Waals surface area (Å²) in [6.07, 6.45) is 2.05. The Labute approximate surface area is 95.6 Å². The zero-order valence-electron chi connectivity index (χ0n) is 10.3. The first-order valence-corrected chi connectivity index (χ1v) is 5.60. The van der Waals surface area contributed by atoms with Crippen LogP contribution in [0.1, 0.15) is 55.7 Å². The minimum Gasteiger partial charge on any atom is -0.464 e. The van der Waals surface area contributed by atoms with Gasteiger partial charge in [-0.05, 0) is 12.3 Å². The Kier molecular flexibility index (Phi) is 4.46. The van der Waals surface area contributed by atoms with Gasteiger partial charge in [0.2, 0.25) is 0 Å². The van der Waals surface area contributed by atoms with Crippen LogP contribution in [0.5, 0.6) is 0 Å². The third-order valence-electron chi connectivity index (χ3n) is 2.71. The SMILES string of the molecule is CCCC(c1n[nH]nc1C(=O)OC)C(C)C. The molecule has 1 atom stereocenters. The number of hydrogen-bond acceptors (Lipinski definition) is 4. The van der Waals surface area contributed by atoms with Gasteiger partial charge in [0, 0.05) is 5.92 Å². The van der Waals surface area contributed by atoms with Crippen molar-refractivity contribution in [3.8, 4) is 0 Å². The van der Waals surface area contributed by atoms with Gasteiger partial charge >= 0.3 is 5.97 Å². The van der Waals surface area contributed by atoms with E-state index in [0.717, 1.165) is 18.5 Å². The molecule has 0 fully saturated rings. The molecule has 0 aliphatic carbocycles. The largest absolute Gasteiger partial charge is 0.464 e. The van der Waals surface area contributed by atoms with Crippen molar-refractivity contribution in [2.45, 2.75) is 39.5 Å². The summed E-state index contributed by atoms with van der Waals surface area (Å²) >= 11 is 0. The Morgan fingerprint density at radius 1 is 1.44 bits per heavy atom. The highest BCUT2D eigenvalue weighted by Crippen LogP contribution is 2.29.